The molecule has 0 N–H and O–H groups in total. The van der Waals surface area contributed by atoms with E-state index >= 15 is 0 Å². The second-order valence-electron chi connectivity index (χ2n) is 4.01. The number of halogens is 1. The molecule has 0 aromatic heterocycles. The van der Waals surface area contributed by atoms with E-state index in [4.69, 9.17) is 14.2 Å². The van der Waals surface area contributed by atoms with E-state index in [9.17, 15) is 4.79 Å². The molecule has 106 valence electrons. The highest BCUT2D eigenvalue weighted by Crippen LogP contribution is 2.26. The van der Waals surface area contributed by atoms with Gasteiger partial charge in [0.1, 0.15) is 12.4 Å². The molecule has 4 nitrogen and oxygen atoms in total. The van der Waals surface area contributed by atoms with Gasteiger partial charge in [-0.05, 0) is 47.5 Å². The molecular formula is C14H19BrO4. The minimum Gasteiger partial charge on any atom is -0.490 e. The van der Waals surface area contributed by atoms with Gasteiger partial charge in [0, 0.05) is 25.9 Å². The minimum absolute atomic E-state index is 0.0359. The quantitative estimate of drug-likeness (QED) is 0.515. The van der Waals surface area contributed by atoms with E-state index in [0.29, 0.717) is 37.7 Å². The highest BCUT2D eigenvalue weighted by Gasteiger charge is 2.05. The summed E-state index contributed by atoms with van der Waals surface area (Å²) in [6.07, 6.45) is 0.882. The summed E-state index contributed by atoms with van der Waals surface area (Å²) in [5.41, 5.74) is 0.662. The third kappa shape index (κ3) is 6.18. The van der Waals surface area contributed by atoms with Crippen molar-refractivity contribution >= 4 is 21.7 Å². The Kier molecular flexibility index (Phi) is 7.70. The molecule has 1 aromatic carbocycles. The van der Waals surface area contributed by atoms with Crippen LogP contribution in [0, 0.1) is 0 Å². The van der Waals surface area contributed by atoms with Crippen molar-refractivity contribution in [3.63, 3.8) is 0 Å². The molecule has 0 heterocycles. The number of carbonyl (C=O) groups is 1. The fourth-order valence-electron chi connectivity index (χ4n) is 1.45. The third-order valence-electron chi connectivity index (χ3n) is 2.46. The van der Waals surface area contributed by atoms with Crippen molar-refractivity contribution in [2.24, 2.45) is 0 Å². The Bertz CT molecular complexity index is 406. The number of hydrogen-bond acceptors (Lipinski definition) is 4. The first-order valence-electron chi connectivity index (χ1n) is 6.15. The van der Waals surface area contributed by atoms with Crippen LogP contribution in [0.25, 0.3) is 0 Å². The second-order valence-corrected chi connectivity index (χ2v) is 4.86. The first-order chi connectivity index (χ1) is 9.15. The molecule has 0 atom stereocenters. The maximum absolute atomic E-state index is 11.2. The van der Waals surface area contributed by atoms with E-state index in [2.05, 4.69) is 15.9 Å². The lowest BCUT2D eigenvalue weighted by Gasteiger charge is -2.09. The number of Topliss-reactive ketones (excluding diaryl/α,β-unsaturated/α-hetero) is 1. The molecular weight excluding hydrogens is 312 g/mol. The Hall–Kier alpha value is -0.910. The van der Waals surface area contributed by atoms with E-state index < -0.39 is 0 Å². The predicted octanol–water partition coefficient (Wildman–Crippen LogP) is 3.08. The summed E-state index contributed by atoms with van der Waals surface area (Å²) < 4.78 is 16.6. The van der Waals surface area contributed by atoms with Crippen LogP contribution in [-0.4, -0.2) is 39.3 Å². The number of ether oxygens (including phenoxy) is 3. The van der Waals surface area contributed by atoms with E-state index in [-0.39, 0.29) is 5.78 Å². The van der Waals surface area contributed by atoms with Gasteiger partial charge in [0.15, 0.2) is 5.78 Å². The van der Waals surface area contributed by atoms with Gasteiger partial charge in [-0.1, -0.05) is 0 Å². The predicted molar refractivity (Wildman–Crippen MR) is 77.0 cm³/mol. The molecule has 0 fully saturated rings. The summed E-state index contributed by atoms with van der Waals surface area (Å²) in [5, 5.41) is 0. The van der Waals surface area contributed by atoms with Crippen LogP contribution in [0.15, 0.2) is 22.7 Å². The number of carbonyl (C=O) groups excluding carboxylic acids is 1. The summed E-state index contributed by atoms with van der Waals surface area (Å²) in [6, 6.07) is 5.30. The average molecular weight is 331 g/mol. The first kappa shape index (κ1) is 16.1. The topological polar surface area (TPSA) is 44.8 Å². The van der Waals surface area contributed by atoms with Crippen molar-refractivity contribution in [2.45, 2.75) is 13.3 Å². The number of hydrogen-bond donors (Lipinski definition) is 0. The van der Waals surface area contributed by atoms with Crippen LogP contribution in [0.5, 0.6) is 5.75 Å². The Morgan fingerprint density at radius 3 is 2.63 bits per heavy atom. The van der Waals surface area contributed by atoms with Crippen LogP contribution < -0.4 is 4.74 Å². The van der Waals surface area contributed by atoms with Crippen molar-refractivity contribution < 1.29 is 19.0 Å². The molecule has 5 heteroatoms. The summed E-state index contributed by atoms with van der Waals surface area (Å²) in [6.45, 7) is 3.92. The van der Waals surface area contributed by atoms with Crippen LogP contribution in [0.3, 0.4) is 0 Å². The van der Waals surface area contributed by atoms with Crippen molar-refractivity contribution in [3.05, 3.63) is 28.2 Å². The molecule has 0 aliphatic rings. The van der Waals surface area contributed by atoms with Crippen LogP contribution in [0.1, 0.15) is 23.7 Å². The SMILES string of the molecule is COCCCOCCOc1ccc(C(C)=O)cc1Br. The average Bonchev–Trinajstić information content (AvgIpc) is 2.39. The Morgan fingerprint density at radius 2 is 2.00 bits per heavy atom. The molecule has 0 aliphatic heterocycles. The lowest BCUT2D eigenvalue weighted by Crippen LogP contribution is -2.09. The lowest BCUT2D eigenvalue weighted by molar-refractivity contribution is 0.0804. The highest BCUT2D eigenvalue weighted by molar-refractivity contribution is 9.10. The van der Waals surface area contributed by atoms with Gasteiger partial charge in [-0.15, -0.1) is 0 Å². The highest BCUT2D eigenvalue weighted by atomic mass is 79.9. The van der Waals surface area contributed by atoms with Gasteiger partial charge in [-0.2, -0.15) is 0 Å². The molecule has 0 saturated heterocycles. The van der Waals surface area contributed by atoms with Gasteiger partial charge in [0.05, 0.1) is 11.1 Å². The van der Waals surface area contributed by atoms with Gasteiger partial charge in [-0.25, -0.2) is 0 Å². The molecule has 0 spiro atoms. The summed E-state index contributed by atoms with van der Waals surface area (Å²) in [5.74, 6) is 0.749. The molecule has 1 aromatic rings. The molecule has 0 unspecified atom stereocenters. The van der Waals surface area contributed by atoms with E-state index in [1.165, 1.54) is 6.92 Å². The van der Waals surface area contributed by atoms with Gasteiger partial charge >= 0.3 is 0 Å². The monoisotopic (exact) mass is 330 g/mol. The zero-order chi connectivity index (χ0) is 14.1. The molecule has 0 aliphatic carbocycles. The maximum atomic E-state index is 11.2. The van der Waals surface area contributed by atoms with Crippen molar-refractivity contribution in [3.8, 4) is 5.75 Å². The summed E-state index contributed by atoms with van der Waals surface area (Å²) >= 11 is 3.38. The molecule has 0 bridgehead atoms. The van der Waals surface area contributed by atoms with Crippen molar-refractivity contribution in [1.82, 2.24) is 0 Å². The maximum Gasteiger partial charge on any atom is 0.159 e. The third-order valence-corrected chi connectivity index (χ3v) is 3.08. The second kappa shape index (κ2) is 9.07. The lowest BCUT2D eigenvalue weighted by atomic mass is 10.1. The standard InChI is InChI=1S/C14H19BrO4/c1-11(16)12-4-5-14(13(15)10-12)19-9-8-18-7-3-6-17-2/h4-5,10H,3,6-9H2,1-2H3. The van der Waals surface area contributed by atoms with Gasteiger partial charge in [0.25, 0.3) is 0 Å². The summed E-state index contributed by atoms with van der Waals surface area (Å²) in [7, 11) is 1.67. The van der Waals surface area contributed by atoms with Gasteiger partial charge in [0.2, 0.25) is 0 Å². The molecule has 0 saturated carbocycles. The van der Waals surface area contributed by atoms with Crippen LogP contribution in [0.4, 0.5) is 0 Å². The minimum atomic E-state index is 0.0359. The zero-order valence-corrected chi connectivity index (χ0v) is 12.9. The summed E-state index contributed by atoms with van der Waals surface area (Å²) in [4.78, 5) is 11.2. The number of rotatable bonds is 9. The van der Waals surface area contributed by atoms with Crippen LogP contribution in [-0.2, 0) is 9.47 Å². The van der Waals surface area contributed by atoms with E-state index in [1.807, 2.05) is 0 Å². The largest absolute Gasteiger partial charge is 0.490 e. The Labute approximate surface area is 122 Å². The van der Waals surface area contributed by atoms with E-state index in [0.717, 1.165) is 10.9 Å². The van der Waals surface area contributed by atoms with E-state index in [1.54, 1.807) is 25.3 Å². The number of benzene rings is 1. The number of ketones is 1. The number of methoxy groups -OCH3 is 1. The zero-order valence-electron chi connectivity index (χ0n) is 11.3. The van der Waals surface area contributed by atoms with Gasteiger partial charge < -0.3 is 14.2 Å². The molecule has 0 radical (unpaired) electrons. The van der Waals surface area contributed by atoms with Crippen molar-refractivity contribution in [2.75, 3.05) is 33.5 Å². The van der Waals surface area contributed by atoms with Gasteiger partial charge in [-0.3, -0.25) is 4.79 Å². The van der Waals surface area contributed by atoms with Crippen LogP contribution in [0.2, 0.25) is 0 Å². The Morgan fingerprint density at radius 1 is 1.21 bits per heavy atom. The molecule has 0 amide bonds. The molecule has 1 rings (SSSR count). The van der Waals surface area contributed by atoms with Crippen molar-refractivity contribution in [1.29, 1.82) is 0 Å². The fourth-order valence-corrected chi connectivity index (χ4v) is 1.95. The fraction of sp³-hybridized carbons (Fsp3) is 0.500. The molecule has 19 heavy (non-hydrogen) atoms. The van der Waals surface area contributed by atoms with Crippen LogP contribution >= 0.6 is 15.9 Å². The Balaban J connectivity index is 2.28. The normalized spacial score (nSPS) is 10.5. The first-order valence-corrected chi connectivity index (χ1v) is 6.94. The smallest absolute Gasteiger partial charge is 0.159 e.